The molecule has 1 saturated heterocycles. The summed E-state index contributed by atoms with van der Waals surface area (Å²) in [6.07, 6.45) is 6.22. The third kappa shape index (κ3) is 3.38. The lowest BCUT2D eigenvalue weighted by Gasteiger charge is -2.17. The van der Waals surface area contributed by atoms with Crippen LogP contribution >= 0.6 is 11.6 Å². The van der Waals surface area contributed by atoms with Gasteiger partial charge in [-0.15, -0.1) is 0 Å². The van der Waals surface area contributed by atoms with Crippen LogP contribution in [0, 0.1) is 0 Å². The zero-order chi connectivity index (χ0) is 17.2. The van der Waals surface area contributed by atoms with Crippen LogP contribution in [0.5, 0.6) is 5.75 Å². The van der Waals surface area contributed by atoms with Gasteiger partial charge >= 0.3 is 0 Å². The number of halogens is 1. The topological polar surface area (TPSA) is 47.4 Å². The van der Waals surface area contributed by atoms with E-state index in [4.69, 9.17) is 16.3 Å². The second kappa shape index (κ2) is 6.86. The van der Waals surface area contributed by atoms with Gasteiger partial charge in [0.05, 0.1) is 11.6 Å². The molecule has 128 valence electrons. The fourth-order valence-electron chi connectivity index (χ4n) is 3.20. The molecule has 1 aromatic carbocycles. The monoisotopic (exact) mass is 355 g/mol. The Morgan fingerprint density at radius 1 is 1.24 bits per heavy atom. The molecule has 0 radical (unpaired) electrons. The van der Waals surface area contributed by atoms with Gasteiger partial charge in [-0.1, -0.05) is 11.6 Å². The van der Waals surface area contributed by atoms with Crippen molar-refractivity contribution in [1.82, 2.24) is 14.5 Å². The fraction of sp³-hybridized carbons (Fsp3) is 0.263. The van der Waals surface area contributed by atoms with Crippen molar-refractivity contribution < 1.29 is 9.53 Å². The predicted octanol–water partition coefficient (Wildman–Crippen LogP) is 3.48. The van der Waals surface area contributed by atoms with E-state index < -0.39 is 0 Å². The predicted molar refractivity (Wildman–Crippen MR) is 97.3 cm³/mol. The van der Waals surface area contributed by atoms with Gasteiger partial charge < -0.3 is 4.74 Å². The van der Waals surface area contributed by atoms with Crippen molar-refractivity contribution in [1.29, 1.82) is 0 Å². The van der Waals surface area contributed by atoms with Crippen LogP contribution in [-0.2, 0) is 0 Å². The van der Waals surface area contributed by atoms with Gasteiger partial charge in [0.1, 0.15) is 17.4 Å². The molecule has 3 heterocycles. The lowest BCUT2D eigenvalue weighted by atomic mass is 10.2. The number of ether oxygens (including phenoxy) is 1. The summed E-state index contributed by atoms with van der Waals surface area (Å²) in [5.41, 5.74) is 0.775. The normalized spacial score (nSPS) is 17.9. The Morgan fingerprint density at radius 2 is 2.08 bits per heavy atom. The number of hydrogen-bond acceptors (Lipinski definition) is 4. The molecule has 2 aromatic heterocycles. The van der Waals surface area contributed by atoms with E-state index in [1.54, 1.807) is 23.2 Å². The SMILES string of the molecule is O=C(CN1CCC(Oc2ccc(Cl)c3cccnc23)C1)n1cccc1. The van der Waals surface area contributed by atoms with E-state index in [0.29, 0.717) is 11.6 Å². The molecule has 0 amide bonds. The summed E-state index contributed by atoms with van der Waals surface area (Å²) in [5, 5.41) is 1.56. The summed E-state index contributed by atoms with van der Waals surface area (Å²) in [6, 6.07) is 11.2. The molecule has 6 heteroatoms. The first-order valence-corrected chi connectivity index (χ1v) is 8.67. The molecule has 1 atom stereocenters. The van der Waals surface area contributed by atoms with Gasteiger partial charge in [-0.2, -0.15) is 0 Å². The number of rotatable bonds is 4. The molecule has 4 rings (SSSR count). The van der Waals surface area contributed by atoms with Gasteiger partial charge in [0, 0.05) is 37.1 Å². The third-order valence-electron chi connectivity index (χ3n) is 4.45. The van der Waals surface area contributed by atoms with Crippen molar-refractivity contribution in [2.24, 2.45) is 0 Å². The Labute approximate surface area is 150 Å². The van der Waals surface area contributed by atoms with E-state index in [2.05, 4.69) is 9.88 Å². The number of pyridine rings is 1. The first kappa shape index (κ1) is 16.1. The molecule has 0 bridgehead atoms. The number of carbonyl (C=O) groups excluding carboxylic acids is 1. The van der Waals surface area contributed by atoms with E-state index >= 15 is 0 Å². The smallest absolute Gasteiger partial charge is 0.244 e. The summed E-state index contributed by atoms with van der Waals surface area (Å²) in [6.45, 7) is 1.97. The molecule has 0 aliphatic carbocycles. The molecule has 1 aliphatic heterocycles. The first-order chi connectivity index (χ1) is 12.2. The minimum atomic E-state index is 0.0452. The Kier molecular flexibility index (Phi) is 4.42. The largest absolute Gasteiger partial charge is 0.487 e. The molecule has 1 unspecified atom stereocenters. The average Bonchev–Trinajstić information content (AvgIpc) is 3.30. The molecule has 0 saturated carbocycles. The van der Waals surface area contributed by atoms with Crippen LogP contribution in [0.25, 0.3) is 10.9 Å². The summed E-state index contributed by atoms with van der Waals surface area (Å²) >= 11 is 6.23. The van der Waals surface area contributed by atoms with Crippen molar-refractivity contribution in [2.75, 3.05) is 19.6 Å². The quantitative estimate of drug-likeness (QED) is 0.718. The molecule has 3 aromatic rings. The molecular weight excluding hydrogens is 338 g/mol. The second-order valence-electron chi connectivity index (χ2n) is 6.19. The number of nitrogens with zero attached hydrogens (tertiary/aromatic N) is 3. The Bertz CT molecular complexity index is 895. The van der Waals surface area contributed by atoms with E-state index in [0.717, 1.165) is 36.2 Å². The molecule has 25 heavy (non-hydrogen) atoms. The standard InChI is InChI=1S/C19H18ClN3O2/c20-16-5-6-17(19-15(16)4-3-8-21-19)25-14-7-11-22(12-14)13-18(24)23-9-1-2-10-23/h1-6,8-10,14H,7,11-13H2. The lowest BCUT2D eigenvalue weighted by molar-refractivity contribution is 0.0856. The molecule has 0 N–H and O–H groups in total. The number of aromatic nitrogens is 2. The van der Waals surface area contributed by atoms with Crippen LogP contribution in [-0.4, -0.2) is 46.1 Å². The van der Waals surface area contributed by atoms with Gasteiger partial charge in [0.25, 0.3) is 0 Å². The summed E-state index contributed by atoms with van der Waals surface area (Å²) in [7, 11) is 0. The van der Waals surface area contributed by atoms with Gasteiger partial charge in [-0.3, -0.25) is 19.2 Å². The zero-order valence-electron chi connectivity index (χ0n) is 13.6. The van der Waals surface area contributed by atoms with Crippen LogP contribution < -0.4 is 4.74 Å². The summed E-state index contributed by atoms with van der Waals surface area (Å²) < 4.78 is 7.78. The molecule has 0 spiro atoms. The maximum absolute atomic E-state index is 12.2. The first-order valence-electron chi connectivity index (χ1n) is 8.29. The highest BCUT2D eigenvalue weighted by atomic mass is 35.5. The maximum atomic E-state index is 12.2. The maximum Gasteiger partial charge on any atom is 0.244 e. The van der Waals surface area contributed by atoms with Crippen molar-refractivity contribution in [3.05, 3.63) is 60.0 Å². The van der Waals surface area contributed by atoms with Crippen molar-refractivity contribution in [3.63, 3.8) is 0 Å². The number of benzene rings is 1. The number of hydrogen-bond donors (Lipinski definition) is 0. The van der Waals surface area contributed by atoms with Crippen LogP contribution in [0.1, 0.15) is 11.2 Å². The highest BCUT2D eigenvalue weighted by Crippen LogP contribution is 2.31. The second-order valence-corrected chi connectivity index (χ2v) is 6.60. The fourth-order valence-corrected chi connectivity index (χ4v) is 3.41. The third-order valence-corrected chi connectivity index (χ3v) is 4.78. The molecular formula is C19H18ClN3O2. The zero-order valence-corrected chi connectivity index (χ0v) is 14.4. The van der Waals surface area contributed by atoms with Crippen molar-refractivity contribution in [2.45, 2.75) is 12.5 Å². The summed E-state index contributed by atoms with van der Waals surface area (Å²) in [5.74, 6) is 0.813. The summed E-state index contributed by atoms with van der Waals surface area (Å²) in [4.78, 5) is 18.7. The van der Waals surface area contributed by atoms with Gasteiger partial charge in [-0.05, 0) is 42.8 Å². The molecule has 5 nitrogen and oxygen atoms in total. The van der Waals surface area contributed by atoms with Crippen LogP contribution in [0.3, 0.4) is 0 Å². The molecule has 1 aliphatic rings. The lowest BCUT2D eigenvalue weighted by Crippen LogP contribution is -2.32. The van der Waals surface area contributed by atoms with E-state index in [1.807, 2.05) is 36.4 Å². The minimum absolute atomic E-state index is 0.0452. The number of carbonyl (C=O) groups is 1. The van der Waals surface area contributed by atoms with Gasteiger partial charge in [0.2, 0.25) is 5.91 Å². The highest BCUT2D eigenvalue weighted by molar-refractivity contribution is 6.35. The number of fused-ring (bicyclic) bond motifs is 1. The van der Waals surface area contributed by atoms with Crippen LogP contribution in [0.2, 0.25) is 5.02 Å². The van der Waals surface area contributed by atoms with Crippen molar-refractivity contribution in [3.8, 4) is 5.75 Å². The van der Waals surface area contributed by atoms with E-state index in [-0.39, 0.29) is 12.0 Å². The Hall–Kier alpha value is -2.37. The van der Waals surface area contributed by atoms with E-state index in [9.17, 15) is 4.79 Å². The van der Waals surface area contributed by atoms with E-state index in [1.165, 1.54) is 0 Å². The highest BCUT2D eigenvalue weighted by Gasteiger charge is 2.26. The van der Waals surface area contributed by atoms with Crippen molar-refractivity contribution >= 4 is 28.4 Å². The Balaban J connectivity index is 1.43. The average molecular weight is 356 g/mol. The number of likely N-dealkylation sites (tertiary alicyclic amines) is 1. The van der Waals surface area contributed by atoms with Gasteiger partial charge in [-0.25, -0.2) is 0 Å². The minimum Gasteiger partial charge on any atom is -0.487 e. The molecule has 1 fully saturated rings. The van der Waals surface area contributed by atoms with Crippen LogP contribution in [0.4, 0.5) is 0 Å². The Morgan fingerprint density at radius 3 is 2.92 bits per heavy atom. The van der Waals surface area contributed by atoms with Gasteiger partial charge in [0.15, 0.2) is 0 Å². The van der Waals surface area contributed by atoms with Crippen LogP contribution in [0.15, 0.2) is 55.0 Å².